The molecule has 7 heteroatoms. The number of methoxy groups -OCH3 is 2. The van der Waals surface area contributed by atoms with Gasteiger partial charge in [-0.05, 0) is 12.1 Å². The van der Waals surface area contributed by atoms with Gasteiger partial charge in [0.1, 0.15) is 11.5 Å². The Kier molecular flexibility index (Phi) is 5.69. The molecule has 1 rings (SSSR count). The third kappa shape index (κ3) is 4.34. The average Bonchev–Trinajstić information content (AvgIpc) is 2.45. The van der Waals surface area contributed by atoms with Crippen LogP contribution in [0.5, 0.6) is 11.5 Å². The van der Waals surface area contributed by atoms with Crippen molar-refractivity contribution in [2.45, 2.75) is 12.3 Å². The monoisotopic (exact) mass is 288 g/mol. The van der Waals surface area contributed by atoms with Crippen LogP contribution in [0.2, 0.25) is 0 Å². The minimum Gasteiger partial charge on any atom is -0.496 e. The van der Waals surface area contributed by atoms with Gasteiger partial charge in [0.25, 0.3) is 5.92 Å². The molecule has 0 aromatic heterocycles. The fraction of sp³-hybridized carbons (Fsp3) is 0.462. The first kappa shape index (κ1) is 16.2. The van der Waals surface area contributed by atoms with E-state index in [-0.39, 0.29) is 6.42 Å². The Morgan fingerprint density at radius 3 is 2.30 bits per heavy atom. The maximum Gasteiger partial charge on any atom is 0.277 e. The van der Waals surface area contributed by atoms with E-state index in [2.05, 4.69) is 5.32 Å². The molecule has 0 saturated carbocycles. The fourth-order valence-corrected chi connectivity index (χ4v) is 1.63. The summed E-state index contributed by atoms with van der Waals surface area (Å²) in [4.78, 5) is 11.7. The predicted molar refractivity (Wildman–Crippen MR) is 70.3 cm³/mol. The van der Waals surface area contributed by atoms with Gasteiger partial charge in [-0.2, -0.15) is 0 Å². The second-order valence-electron chi connectivity index (χ2n) is 4.15. The minimum absolute atomic E-state index is 0.117. The molecule has 0 saturated heterocycles. The van der Waals surface area contributed by atoms with E-state index >= 15 is 0 Å². The summed E-state index contributed by atoms with van der Waals surface area (Å²) in [6.07, 6.45) is -0.117. The first-order valence-corrected chi connectivity index (χ1v) is 5.98. The Hall–Kier alpha value is -1.89. The lowest BCUT2D eigenvalue weighted by molar-refractivity contribution is -0.122. The van der Waals surface area contributed by atoms with E-state index in [4.69, 9.17) is 15.2 Å². The predicted octanol–water partition coefficient (Wildman–Crippen LogP) is 0.956. The van der Waals surface area contributed by atoms with Crippen LogP contribution in [0, 0.1) is 0 Å². The molecule has 3 N–H and O–H groups in total. The zero-order chi connectivity index (χ0) is 15.2. The molecule has 0 radical (unpaired) electrons. The second kappa shape index (κ2) is 7.04. The quantitative estimate of drug-likeness (QED) is 0.783. The van der Waals surface area contributed by atoms with Crippen LogP contribution in [0.15, 0.2) is 18.2 Å². The van der Waals surface area contributed by atoms with Crippen LogP contribution in [0.3, 0.4) is 0 Å². The molecule has 0 fully saturated rings. The summed E-state index contributed by atoms with van der Waals surface area (Å²) in [6, 6.07) is 5.04. The summed E-state index contributed by atoms with van der Waals surface area (Å²) in [5, 5.41) is 2.14. The van der Waals surface area contributed by atoms with Crippen LogP contribution < -0.4 is 20.5 Å². The van der Waals surface area contributed by atoms with Gasteiger partial charge in [-0.25, -0.2) is 8.78 Å². The Labute approximate surface area is 116 Å². The van der Waals surface area contributed by atoms with E-state index < -0.39 is 24.9 Å². The van der Waals surface area contributed by atoms with E-state index in [0.717, 1.165) is 0 Å². The molecule has 0 aliphatic carbocycles. The van der Waals surface area contributed by atoms with Crippen molar-refractivity contribution in [2.75, 3.05) is 27.3 Å². The zero-order valence-electron chi connectivity index (χ0n) is 11.4. The highest BCUT2D eigenvalue weighted by Gasteiger charge is 2.27. The van der Waals surface area contributed by atoms with E-state index in [1.54, 1.807) is 18.2 Å². The first-order chi connectivity index (χ1) is 9.43. The number of nitrogens with two attached hydrogens (primary N) is 1. The molecule has 1 aromatic carbocycles. The third-order valence-corrected chi connectivity index (χ3v) is 2.71. The van der Waals surface area contributed by atoms with Crippen LogP contribution >= 0.6 is 0 Å². The standard InChI is InChI=1S/C13H18F2N2O3/c1-19-10-4-3-5-11(20-2)9(10)6-12(18)17-8-13(14,15)7-16/h3-5H,6-8,16H2,1-2H3,(H,17,18). The van der Waals surface area contributed by atoms with Gasteiger partial charge >= 0.3 is 0 Å². The van der Waals surface area contributed by atoms with Crippen molar-refractivity contribution in [3.63, 3.8) is 0 Å². The molecule has 0 aliphatic rings. The second-order valence-corrected chi connectivity index (χ2v) is 4.15. The van der Waals surface area contributed by atoms with Gasteiger partial charge < -0.3 is 20.5 Å². The lowest BCUT2D eigenvalue weighted by Gasteiger charge is -2.16. The minimum atomic E-state index is -3.11. The molecule has 1 amide bonds. The largest absolute Gasteiger partial charge is 0.496 e. The van der Waals surface area contributed by atoms with Crippen LogP contribution in [-0.2, 0) is 11.2 Å². The third-order valence-electron chi connectivity index (χ3n) is 2.71. The Morgan fingerprint density at radius 2 is 1.85 bits per heavy atom. The van der Waals surface area contributed by atoms with E-state index in [1.165, 1.54) is 14.2 Å². The number of halogens is 2. The Morgan fingerprint density at radius 1 is 1.30 bits per heavy atom. The van der Waals surface area contributed by atoms with Crippen molar-refractivity contribution in [2.24, 2.45) is 5.73 Å². The molecule has 0 spiro atoms. The molecule has 0 unspecified atom stereocenters. The summed E-state index contributed by atoms with van der Waals surface area (Å²) in [5.41, 5.74) is 5.40. The van der Waals surface area contributed by atoms with Crippen molar-refractivity contribution in [1.29, 1.82) is 0 Å². The Bertz CT molecular complexity index is 445. The van der Waals surface area contributed by atoms with E-state index in [9.17, 15) is 13.6 Å². The number of nitrogens with one attached hydrogen (secondary N) is 1. The first-order valence-electron chi connectivity index (χ1n) is 5.98. The summed E-state index contributed by atoms with van der Waals surface area (Å²) in [7, 11) is 2.91. The summed E-state index contributed by atoms with van der Waals surface area (Å²) in [6.45, 7) is -1.61. The number of alkyl halides is 2. The highest BCUT2D eigenvalue weighted by molar-refractivity contribution is 5.80. The lowest BCUT2D eigenvalue weighted by Crippen LogP contribution is -2.42. The molecular formula is C13H18F2N2O3. The highest BCUT2D eigenvalue weighted by atomic mass is 19.3. The van der Waals surface area contributed by atoms with Crippen molar-refractivity contribution in [1.82, 2.24) is 5.32 Å². The van der Waals surface area contributed by atoms with Gasteiger partial charge in [0.15, 0.2) is 0 Å². The van der Waals surface area contributed by atoms with Crippen molar-refractivity contribution in [3.8, 4) is 11.5 Å². The van der Waals surface area contributed by atoms with Crippen molar-refractivity contribution < 1.29 is 23.0 Å². The summed E-state index contributed by atoms with van der Waals surface area (Å²) in [5.74, 6) is -2.74. The normalized spacial score (nSPS) is 11.1. The van der Waals surface area contributed by atoms with E-state index in [1.807, 2.05) is 0 Å². The molecule has 0 bridgehead atoms. The number of ether oxygens (including phenoxy) is 2. The smallest absolute Gasteiger partial charge is 0.277 e. The van der Waals surface area contributed by atoms with Gasteiger partial charge in [0.05, 0.1) is 33.7 Å². The molecule has 5 nitrogen and oxygen atoms in total. The molecular weight excluding hydrogens is 270 g/mol. The number of amides is 1. The average molecular weight is 288 g/mol. The number of rotatable bonds is 7. The number of benzene rings is 1. The lowest BCUT2D eigenvalue weighted by atomic mass is 10.1. The molecule has 0 heterocycles. The van der Waals surface area contributed by atoms with Crippen LogP contribution in [-0.4, -0.2) is 39.1 Å². The van der Waals surface area contributed by atoms with Gasteiger partial charge in [-0.3, -0.25) is 4.79 Å². The maximum absolute atomic E-state index is 13.0. The van der Waals surface area contributed by atoms with Crippen LogP contribution in [0.1, 0.15) is 5.56 Å². The molecule has 112 valence electrons. The summed E-state index contributed by atoms with van der Waals surface area (Å²) < 4.78 is 36.2. The van der Waals surface area contributed by atoms with E-state index in [0.29, 0.717) is 17.1 Å². The number of carbonyl (C=O) groups excluding carboxylic acids is 1. The summed E-state index contributed by atoms with van der Waals surface area (Å²) >= 11 is 0. The molecule has 20 heavy (non-hydrogen) atoms. The topological polar surface area (TPSA) is 73.6 Å². The van der Waals surface area contributed by atoms with Gasteiger partial charge in [0, 0.05) is 5.56 Å². The molecule has 0 atom stereocenters. The maximum atomic E-state index is 13.0. The fourth-order valence-electron chi connectivity index (χ4n) is 1.63. The highest BCUT2D eigenvalue weighted by Crippen LogP contribution is 2.28. The molecule has 1 aromatic rings. The number of hydrogen-bond donors (Lipinski definition) is 2. The SMILES string of the molecule is COc1cccc(OC)c1CC(=O)NCC(F)(F)CN. The zero-order valence-corrected chi connectivity index (χ0v) is 11.4. The van der Waals surface area contributed by atoms with Crippen molar-refractivity contribution >= 4 is 5.91 Å². The van der Waals surface area contributed by atoms with Gasteiger partial charge in [-0.1, -0.05) is 6.07 Å². The van der Waals surface area contributed by atoms with Crippen LogP contribution in [0.4, 0.5) is 8.78 Å². The molecule has 0 aliphatic heterocycles. The van der Waals surface area contributed by atoms with Gasteiger partial charge in [-0.15, -0.1) is 0 Å². The van der Waals surface area contributed by atoms with Crippen molar-refractivity contribution in [3.05, 3.63) is 23.8 Å². The Balaban J connectivity index is 2.75. The van der Waals surface area contributed by atoms with Gasteiger partial charge in [0.2, 0.25) is 5.91 Å². The number of hydrogen-bond acceptors (Lipinski definition) is 4. The van der Waals surface area contributed by atoms with Crippen LogP contribution in [0.25, 0.3) is 0 Å². The number of carbonyl (C=O) groups is 1.